The Kier molecular flexibility index (Phi) is 2.77. The van der Waals surface area contributed by atoms with Crippen LogP contribution in [0.1, 0.15) is 0 Å². The molecule has 0 saturated heterocycles. The third-order valence-electron chi connectivity index (χ3n) is 4.99. The molecule has 0 N–H and O–H groups in total. The average Bonchev–Trinajstić information content (AvgIpc) is 3.01. The van der Waals surface area contributed by atoms with Gasteiger partial charge in [0.2, 0.25) is 0 Å². The highest BCUT2D eigenvalue weighted by Gasteiger charge is 2.14. The summed E-state index contributed by atoms with van der Waals surface area (Å²) < 4.78 is 2.33. The molecule has 0 unspecified atom stereocenters. The predicted molar refractivity (Wildman–Crippen MR) is 103 cm³/mol. The first-order valence-electron chi connectivity index (χ1n) is 8.29. The molecule has 0 aliphatic rings. The van der Waals surface area contributed by atoms with Crippen molar-refractivity contribution < 1.29 is 0 Å². The zero-order chi connectivity index (χ0) is 16.1. The van der Waals surface area contributed by atoms with Gasteiger partial charge in [-0.25, -0.2) is 0 Å². The first-order valence-corrected chi connectivity index (χ1v) is 8.29. The number of rotatable bonds is 1. The molecule has 0 atom stereocenters. The zero-order valence-corrected chi connectivity index (χ0v) is 13.5. The van der Waals surface area contributed by atoms with Crippen molar-refractivity contribution in [2.75, 3.05) is 0 Å². The molecule has 0 fully saturated rings. The Morgan fingerprint density at radius 1 is 0.542 bits per heavy atom. The van der Waals surface area contributed by atoms with Gasteiger partial charge in [-0.05, 0) is 27.8 Å². The van der Waals surface area contributed by atoms with Gasteiger partial charge in [-0.15, -0.1) is 0 Å². The van der Waals surface area contributed by atoms with Gasteiger partial charge in [0.25, 0.3) is 0 Å². The number of hydrogen-bond acceptors (Lipinski definition) is 0. The van der Waals surface area contributed by atoms with Crippen molar-refractivity contribution in [2.45, 2.75) is 0 Å². The third kappa shape index (κ3) is 1.75. The van der Waals surface area contributed by atoms with Gasteiger partial charge in [0, 0.05) is 23.5 Å². The van der Waals surface area contributed by atoms with E-state index >= 15 is 0 Å². The fraction of sp³-hybridized carbons (Fsp3) is 0.0435. The molecule has 0 aliphatic carbocycles. The van der Waals surface area contributed by atoms with Crippen molar-refractivity contribution in [2.24, 2.45) is 7.05 Å². The Morgan fingerprint density at radius 3 is 1.71 bits per heavy atom. The minimum Gasteiger partial charge on any atom is -0.343 e. The van der Waals surface area contributed by atoms with Crippen LogP contribution in [0.5, 0.6) is 0 Å². The fourth-order valence-electron chi connectivity index (χ4n) is 3.90. The molecule has 5 aromatic rings. The molecule has 0 saturated carbocycles. The Labute approximate surface area is 140 Å². The summed E-state index contributed by atoms with van der Waals surface area (Å²) >= 11 is 0. The van der Waals surface area contributed by atoms with Crippen LogP contribution in [0.3, 0.4) is 0 Å². The summed E-state index contributed by atoms with van der Waals surface area (Å²) in [4.78, 5) is 0. The smallest absolute Gasteiger partial charge is 0.0568 e. The van der Waals surface area contributed by atoms with Crippen molar-refractivity contribution in [3.63, 3.8) is 0 Å². The maximum atomic E-state index is 2.33. The number of nitrogens with zero attached hydrogens (tertiary/aromatic N) is 1. The number of hydrogen-bond donors (Lipinski definition) is 0. The van der Waals surface area contributed by atoms with E-state index in [2.05, 4.69) is 96.5 Å². The van der Waals surface area contributed by atoms with Gasteiger partial charge in [0.05, 0.1) is 5.52 Å². The van der Waals surface area contributed by atoms with Gasteiger partial charge in [-0.3, -0.25) is 0 Å². The minimum absolute atomic E-state index is 1.25. The Balaban J connectivity index is 2.04. The van der Waals surface area contributed by atoms with E-state index in [4.69, 9.17) is 0 Å². The van der Waals surface area contributed by atoms with Gasteiger partial charge < -0.3 is 4.57 Å². The van der Waals surface area contributed by atoms with E-state index in [1.807, 2.05) is 0 Å². The quantitative estimate of drug-likeness (QED) is 0.327. The van der Waals surface area contributed by atoms with Crippen molar-refractivity contribution >= 4 is 32.4 Å². The van der Waals surface area contributed by atoms with E-state index in [-0.39, 0.29) is 0 Å². The van der Waals surface area contributed by atoms with E-state index < -0.39 is 0 Å². The second-order valence-corrected chi connectivity index (χ2v) is 6.31. The van der Waals surface area contributed by atoms with Crippen molar-refractivity contribution in [3.05, 3.63) is 84.9 Å². The summed E-state index contributed by atoms with van der Waals surface area (Å²) in [5, 5.41) is 6.61. The normalized spacial score (nSPS) is 11.5. The highest BCUT2D eigenvalue weighted by atomic mass is 14.9. The van der Waals surface area contributed by atoms with Gasteiger partial charge in [-0.2, -0.15) is 0 Å². The lowest BCUT2D eigenvalue weighted by Gasteiger charge is -2.09. The lowest BCUT2D eigenvalue weighted by molar-refractivity contribution is 0.982. The monoisotopic (exact) mass is 307 g/mol. The average molecular weight is 307 g/mol. The Morgan fingerprint density at radius 2 is 1.04 bits per heavy atom. The largest absolute Gasteiger partial charge is 0.343 e. The maximum Gasteiger partial charge on any atom is 0.0568 e. The standard InChI is InChI=1S/C23H17N/c1-24-22(16-9-3-2-4-10-16)15-21-19-13-6-5-11-17(19)18-12-7-8-14-20(18)23(21)24/h2-15H,1H3. The van der Waals surface area contributed by atoms with Crippen LogP contribution in [0.15, 0.2) is 84.9 Å². The van der Waals surface area contributed by atoms with Crippen LogP contribution in [0, 0.1) is 0 Å². The summed E-state index contributed by atoms with van der Waals surface area (Å²) in [6, 6.07) is 30.4. The van der Waals surface area contributed by atoms with Gasteiger partial charge in [-0.1, -0.05) is 78.9 Å². The first kappa shape index (κ1) is 13.4. The summed E-state index contributed by atoms with van der Waals surface area (Å²) in [7, 11) is 2.17. The van der Waals surface area contributed by atoms with E-state index in [0.717, 1.165) is 0 Å². The molecular formula is C23H17N. The zero-order valence-electron chi connectivity index (χ0n) is 13.5. The molecule has 114 valence electrons. The number of aryl methyl sites for hydroxylation is 1. The molecule has 5 rings (SSSR count). The summed E-state index contributed by atoms with van der Waals surface area (Å²) in [5.74, 6) is 0. The van der Waals surface area contributed by atoms with Gasteiger partial charge >= 0.3 is 0 Å². The van der Waals surface area contributed by atoms with Crippen LogP contribution in [-0.2, 0) is 7.05 Å². The first-order chi connectivity index (χ1) is 11.8. The Bertz CT molecular complexity index is 1200. The van der Waals surface area contributed by atoms with Crippen molar-refractivity contribution in [3.8, 4) is 11.3 Å². The molecule has 1 aromatic heterocycles. The minimum atomic E-state index is 1.25. The molecule has 1 heterocycles. The van der Waals surface area contributed by atoms with Crippen LogP contribution in [-0.4, -0.2) is 4.57 Å². The molecule has 0 bridgehead atoms. The molecule has 24 heavy (non-hydrogen) atoms. The molecule has 1 heteroatoms. The highest BCUT2D eigenvalue weighted by molar-refractivity contribution is 6.25. The van der Waals surface area contributed by atoms with Crippen molar-refractivity contribution in [1.29, 1.82) is 0 Å². The van der Waals surface area contributed by atoms with Crippen LogP contribution < -0.4 is 0 Å². The lowest BCUT2D eigenvalue weighted by Crippen LogP contribution is -1.92. The Hall–Kier alpha value is -3.06. The van der Waals surface area contributed by atoms with Gasteiger partial charge in [0.15, 0.2) is 0 Å². The number of benzene rings is 4. The summed E-state index contributed by atoms with van der Waals surface area (Å²) in [6.45, 7) is 0. The lowest BCUT2D eigenvalue weighted by atomic mass is 9.98. The van der Waals surface area contributed by atoms with E-state index in [0.29, 0.717) is 0 Å². The molecule has 0 radical (unpaired) electrons. The van der Waals surface area contributed by atoms with Crippen LogP contribution in [0.4, 0.5) is 0 Å². The highest BCUT2D eigenvalue weighted by Crippen LogP contribution is 2.38. The fourth-order valence-corrected chi connectivity index (χ4v) is 3.90. The second-order valence-electron chi connectivity index (χ2n) is 6.31. The molecule has 0 spiro atoms. The number of aromatic nitrogens is 1. The van der Waals surface area contributed by atoms with Crippen LogP contribution >= 0.6 is 0 Å². The van der Waals surface area contributed by atoms with Gasteiger partial charge in [0.1, 0.15) is 0 Å². The summed E-state index contributed by atoms with van der Waals surface area (Å²) in [5.41, 5.74) is 3.82. The van der Waals surface area contributed by atoms with Crippen LogP contribution in [0.2, 0.25) is 0 Å². The predicted octanol–water partition coefficient (Wildman–Crippen LogP) is 6.15. The molecule has 0 aliphatic heterocycles. The number of fused-ring (bicyclic) bond motifs is 6. The summed E-state index contributed by atoms with van der Waals surface area (Å²) in [6.07, 6.45) is 0. The molecule has 0 amide bonds. The topological polar surface area (TPSA) is 4.93 Å². The van der Waals surface area contributed by atoms with Crippen LogP contribution in [0.25, 0.3) is 43.7 Å². The maximum absolute atomic E-state index is 2.33. The second kappa shape index (κ2) is 4.97. The molecule has 4 aromatic carbocycles. The molecule has 1 nitrogen and oxygen atoms in total. The van der Waals surface area contributed by atoms with E-state index in [1.165, 1.54) is 43.7 Å². The van der Waals surface area contributed by atoms with E-state index in [9.17, 15) is 0 Å². The SMILES string of the molecule is Cn1c(-c2ccccc2)cc2c3ccccc3c3ccccc3c21. The van der Waals surface area contributed by atoms with E-state index in [1.54, 1.807) is 0 Å². The molecular weight excluding hydrogens is 290 g/mol. The van der Waals surface area contributed by atoms with Crippen molar-refractivity contribution in [1.82, 2.24) is 4.57 Å². The third-order valence-corrected chi connectivity index (χ3v) is 4.99.